The van der Waals surface area contributed by atoms with Crippen molar-refractivity contribution < 1.29 is 17.3 Å². The predicted molar refractivity (Wildman–Crippen MR) is 82.3 cm³/mol. The Morgan fingerprint density at radius 1 is 0.905 bits per heavy atom. The smallest absolute Gasteiger partial charge is 0.339 e. The maximum absolute atomic E-state index is 12.2. The first-order valence-corrected chi connectivity index (χ1v) is 8.11. The van der Waals surface area contributed by atoms with Gasteiger partial charge in [-0.25, -0.2) is 0 Å². The molecule has 0 spiro atoms. The Morgan fingerprint density at radius 3 is 2.24 bits per heavy atom. The zero-order chi connectivity index (χ0) is 15.6. The zero-order valence-electron chi connectivity index (χ0n) is 10.6. The monoisotopic (exact) mass is 366 g/mol. The first kappa shape index (κ1) is 16.2. The van der Waals surface area contributed by atoms with Gasteiger partial charge in [0.05, 0.1) is 17.2 Å². The molecule has 0 fully saturated rings. The Balaban J connectivity index is 2.38. The van der Waals surface area contributed by atoms with Crippen molar-refractivity contribution in [3.05, 3.63) is 51.5 Å². The fourth-order valence-corrected chi connectivity index (χ4v) is 3.16. The molecule has 0 saturated carbocycles. The topological polar surface area (TPSA) is 52.6 Å². The molecule has 8 heteroatoms. The number of ether oxygens (including phenoxy) is 1. The molecule has 21 heavy (non-hydrogen) atoms. The van der Waals surface area contributed by atoms with Crippen LogP contribution < -0.4 is 8.92 Å². The van der Waals surface area contributed by atoms with E-state index in [2.05, 4.69) is 0 Å². The maximum Gasteiger partial charge on any atom is 0.339 e. The minimum Gasteiger partial charge on any atom is -0.495 e. The van der Waals surface area contributed by atoms with Gasteiger partial charge in [0.2, 0.25) is 0 Å². The lowest BCUT2D eigenvalue weighted by molar-refractivity contribution is 0.413. The third-order valence-electron chi connectivity index (χ3n) is 2.50. The second kappa shape index (κ2) is 6.32. The Hall–Kier alpha value is -1.14. The minimum atomic E-state index is -4.06. The summed E-state index contributed by atoms with van der Waals surface area (Å²) in [6.45, 7) is 0. The van der Waals surface area contributed by atoms with E-state index in [1.54, 1.807) is 0 Å². The summed E-state index contributed by atoms with van der Waals surface area (Å²) in [5, 5.41) is 0.755. The lowest BCUT2D eigenvalue weighted by atomic mass is 10.3. The van der Waals surface area contributed by atoms with Crippen LogP contribution in [0.15, 0.2) is 41.3 Å². The van der Waals surface area contributed by atoms with E-state index < -0.39 is 10.1 Å². The minimum absolute atomic E-state index is 0.0185. The van der Waals surface area contributed by atoms with Crippen molar-refractivity contribution in [3.8, 4) is 11.5 Å². The average Bonchev–Trinajstić information content (AvgIpc) is 2.42. The first-order chi connectivity index (χ1) is 9.83. The number of hydrogen-bond donors (Lipinski definition) is 0. The fraction of sp³-hybridized carbons (Fsp3) is 0.0769. The molecule has 112 valence electrons. The highest BCUT2D eigenvalue weighted by atomic mass is 35.5. The van der Waals surface area contributed by atoms with Crippen molar-refractivity contribution in [1.29, 1.82) is 0 Å². The zero-order valence-corrected chi connectivity index (χ0v) is 13.7. The number of benzene rings is 2. The Bertz CT molecular complexity index is 775. The highest BCUT2D eigenvalue weighted by Gasteiger charge is 2.20. The van der Waals surface area contributed by atoms with Crippen LogP contribution in [-0.4, -0.2) is 15.5 Å². The third-order valence-corrected chi connectivity index (χ3v) is 4.58. The van der Waals surface area contributed by atoms with E-state index in [1.165, 1.54) is 43.5 Å². The molecule has 0 aliphatic heterocycles. The summed E-state index contributed by atoms with van der Waals surface area (Å²) >= 11 is 17.5. The standard InChI is InChI=1S/C13H9Cl3O4S/c1-19-13-7-9(3-4-10(13)15)21(17,18)20-12-5-2-8(14)6-11(12)16/h2-7H,1H3. The molecular weight excluding hydrogens is 359 g/mol. The quantitative estimate of drug-likeness (QED) is 0.751. The normalized spacial score (nSPS) is 11.2. The van der Waals surface area contributed by atoms with Gasteiger partial charge in [-0.05, 0) is 30.3 Å². The predicted octanol–water partition coefficient (Wildman–Crippen LogP) is 4.42. The van der Waals surface area contributed by atoms with Gasteiger partial charge in [-0.15, -0.1) is 0 Å². The third kappa shape index (κ3) is 3.74. The molecule has 0 N–H and O–H groups in total. The summed E-state index contributed by atoms with van der Waals surface area (Å²) in [6.07, 6.45) is 0. The van der Waals surface area contributed by atoms with Crippen LogP contribution in [0.25, 0.3) is 0 Å². The van der Waals surface area contributed by atoms with Crippen molar-refractivity contribution in [2.45, 2.75) is 4.90 Å². The summed E-state index contributed by atoms with van der Waals surface area (Å²) in [7, 11) is -2.68. The molecule has 0 unspecified atom stereocenters. The Kier molecular flexibility index (Phi) is 4.88. The molecule has 0 atom stereocenters. The molecular formula is C13H9Cl3O4S. The van der Waals surface area contributed by atoms with E-state index in [9.17, 15) is 8.42 Å². The second-order valence-electron chi connectivity index (χ2n) is 3.91. The van der Waals surface area contributed by atoms with Gasteiger partial charge >= 0.3 is 10.1 Å². The maximum atomic E-state index is 12.2. The molecule has 0 aliphatic rings. The lowest BCUT2D eigenvalue weighted by Gasteiger charge is -2.10. The van der Waals surface area contributed by atoms with Crippen molar-refractivity contribution in [1.82, 2.24) is 0 Å². The van der Waals surface area contributed by atoms with Crippen LogP contribution in [0.3, 0.4) is 0 Å². The molecule has 0 radical (unpaired) electrons. The van der Waals surface area contributed by atoms with Crippen molar-refractivity contribution in [2.24, 2.45) is 0 Å². The van der Waals surface area contributed by atoms with E-state index in [4.69, 9.17) is 43.7 Å². The Labute approximate surface area is 137 Å². The van der Waals surface area contributed by atoms with Crippen LogP contribution in [0.5, 0.6) is 11.5 Å². The van der Waals surface area contributed by atoms with Crippen LogP contribution >= 0.6 is 34.8 Å². The van der Waals surface area contributed by atoms with E-state index in [1.807, 2.05) is 0 Å². The van der Waals surface area contributed by atoms with Gasteiger partial charge in [0, 0.05) is 11.1 Å². The van der Waals surface area contributed by atoms with E-state index >= 15 is 0 Å². The molecule has 2 aromatic carbocycles. The van der Waals surface area contributed by atoms with Crippen LogP contribution in [0, 0.1) is 0 Å². The summed E-state index contributed by atoms with van der Waals surface area (Å²) < 4.78 is 34.4. The Morgan fingerprint density at radius 2 is 1.62 bits per heavy atom. The molecule has 0 saturated heterocycles. The van der Waals surface area contributed by atoms with Crippen molar-refractivity contribution >= 4 is 44.9 Å². The molecule has 0 aliphatic carbocycles. The number of rotatable bonds is 4. The van der Waals surface area contributed by atoms with Gasteiger partial charge in [0.1, 0.15) is 10.6 Å². The van der Waals surface area contributed by atoms with Gasteiger partial charge in [0.25, 0.3) is 0 Å². The number of methoxy groups -OCH3 is 1. The molecule has 4 nitrogen and oxygen atoms in total. The van der Waals surface area contributed by atoms with Gasteiger partial charge in [0.15, 0.2) is 5.75 Å². The fourth-order valence-electron chi connectivity index (χ4n) is 1.50. The molecule has 0 bridgehead atoms. The SMILES string of the molecule is COc1cc(S(=O)(=O)Oc2ccc(Cl)cc2Cl)ccc1Cl. The summed E-state index contributed by atoms with van der Waals surface area (Å²) in [5.41, 5.74) is 0. The van der Waals surface area contributed by atoms with Gasteiger partial charge in [-0.2, -0.15) is 8.42 Å². The second-order valence-corrected chi connectivity index (χ2v) is 6.71. The molecule has 2 rings (SSSR count). The van der Waals surface area contributed by atoms with Gasteiger partial charge < -0.3 is 8.92 Å². The van der Waals surface area contributed by atoms with E-state index in [-0.39, 0.29) is 21.4 Å². The number of hydrogen-bond acceptors (Lipinski definition) is 4. The molecule has 2 aromatic rings. The molecule has 0 aromatic heterocycles. The molecule has 0 amide bonds. The van der Waals surface area contributed by atoms with Crippen LogP contribution in [-0.2, 0) is 10.1 Å². The van der Waals surface area contributed by atoms with Crippen LogP contribution in [0.1, 0.15) is 0 Å². The largest absolute Gasteiger partial charge is 0.495 e. The van der Waals surface area contributed by atoms with Crippen molar-refractivity contribution in [3.63, 3.8) is 0 Å². The van der Waals surface area contributed by atoms with Gasteiger partial charge in [-0.3, -0.25) is 0 Å². The summed E-state index contributed by atoms with van der Waals surface area (Å²) in [6, 6.07) is 8.21. The first-order valence-electron chi connectivity index (χ1n) is 5.56. The van der Waals surface area contributed by atoms with Crippen LogP contribution in [0.2, 0.25) is 15.1 Å². The van der Waals surface area contributed by atoms with E-state index in [0.29, 0.717) is 10.0 Å². The van der Waals surface area contributed by atoms with Crippen LogP contribution in [0.4, 0.5) is 0 Å². The van der Waals surface area contributed by atoms with Gasteiger partial charge in [-0.1, -0.05) is 34.8 Å². The highest BCUT2D eigenvalue weighted by molar-refractivity contribution is 7.87. The van der Waals surface area contributed by atoms with E-state index in [0.717, 1.165) is 0 Å². The summed E-state index contributed by atoms with van der Waals surface area (Å²) in [4.78, 5) is -0.102. The van der Waals surface area contributed by atoms with Crippen molar-refractivity contribution in [2.75, 3.05) is 7.11 Å². The average molecular weight is 368 g/mol. The lowest BCUT2D eigenvalue weighted by Crippen LogP contribution is -2.10. The molecule has 0 heterocycles. The highest BCUT2D eigenvalue weighted by Crippen LogP contribution is 2.32. The summed E-state index contributed by atoms with van der Waals surface area (Å²) in [5.74, 6) is 0.207. The number of halogens is 3.